The van der Waals surface area contributed by atoms with Crippen LogP contribution in [0.15, 0.2) is 15.8 Å². The predicted octanol–water partition coefficient (Wildman–Crippen LogP) is 2.63. The second-order valence-corrected chi connectivity index (χ2v) is 12.8. The van der Waals surface area contributed by atoms with Gasteiger partial charge >= 0.3 is 11.7 Å². The first-order chi connectivity index (χ1) is 11.3. The molecule has 0 amide bonds. The molecular formula is C17H30N2O5Si. The number of nitrogens with zero attached hydrogens (tertiary/aromatic N) is 2. The first kappa shape index (κ1) is 21.4. The average molecular weight is 371 g/mol. The maximum atomic E-state index is 12.7. The van der Waals surface area contributed by atoms with E-state index in [9.17, 15) is 14.4 Å². The molecule has 8 heteroatoms. The van der Waals surface area contributed by atoms with Crippen LogP contribution in [0.2, 0.25) is 18.1 Å². The number of rotatable bonds is 6. The van der Waals surface area contributed by atoms with Crippen molar-refractivity contribution in [3.8, 4) is 0 Å². The molecule has 0 aliphatic carbocycles. The molecule has 1 rings (SSSR count). The molecule has 7 nitrogen and oxygen atoms in total. The molecule has 0 aliphatic heterocycles. The molecular weight excluding hydrogens is 340 g/mol. The van der Waals surface area contributed by atoms with Crippen LogP contribution in [0.5, 0.6) is 0 Å². The second-order valence-electron chi connectivity index (χ2n) is 7.99. The maximum Gasteiger partial charge on any atom is 0.333 e. The molecule has 0 saturated heterocycles. The van der Waals surface area contributed by atoms with Crippen molar-refractivity contribution in [2.24, 2.45) is 0 Å². The Kier molecular flexibility index (Phi) is 6.58. The van der Waals surface area contributed by atoms with Crippen LogP contribution < -0.4 is 11.2 Å². The van der Waals surface area contributed by atoms with E-state index in [0.717, 1.165) is 4.57 Å². The van der Waals surface area contributed by atoms with E-state index in [2.05, 4.69) is 33.9 Å². The Morgan fingerprint density at radius 3 is 2.24 bits per heavy atom. The van der Waals surface area contributed by atoms with Crippen molar-refractivity contribution >= 4 is 14.3 Å². The summed E-state index contributed by atoms with van der Waals surface area (Å²) in [6.07, 6.45) is 1.43. The third kappa shape index (κ3) is 5.15. The molecule has 0 saturated carbocycles. The highest BCUT2D eigenvalue weighted by Crippen LogP contribution is 2.36. The Balaban J connectivity index is 3.29. The van der Waals surface area contributed by atoms with Gasteiger partial charge in [0, 0.05) is 19.2 Å². The van der Waals surface area contributed by atoms with Crippen LogP contribution in [0.1, 0.15) is 53.1 Å². The lowest BCUT2D eigenvalue weighted by Crippen LogP contribution is -2.44. The minimum atomic E-state index is -2.04. The number of hydrogen-bond acceptors (Lipinski definition) is 5. The number of esters is 1. The lowest BCUT2D eigenvalue weighted by molar-refractivity contribution is -0.144. The molecule has 25 heavy (non-hydrogen) atoms. The topological polar surface area (TPSA) is 79.5 Å². The van der Waals surface area contributed by atoms with Crippen molar-refractivity contribution < 1.29 is 14.0 Å². The Bertz CT molecular complexity index is 741. The number of ether oxygens (including phenoxy) is 1. The molecule has 142 valence electrons. The molecule has 0 aromatic carbocycles. The van der Waals surface area contributed by atoms with E-state index in [1.165, 1.54) is 17.7 Å². The van der Waals surface area contributed by atoms with E-state index in [4.69, 9.17) is 9.16 Å². The van der Waals surface area contributed by atoms with Gasteiger partial charge in [0.15, 0.2) is 15.0 Å². The van der Waals surface area contributed by atoms with Gasteiger partial charge in [0.1, 0.15) is 0 Å². The van der Waals surface area contributed by atoms with Crippen LogP contribution in [0.4, 0.5) is 0 Å². The van der Waals surface area contributed by atoms with Crippen molar-refractivity contribution in [2.75, 3.05) is 0 Å². The summed E-state index contributed by atoms with van der Waals surface area (Å²) in [5.74, 6) is -0.492. The zero-order valence-corrected chi connectivity index (χ0v) is 17.5. The summed E-state index contributed by atoms with van der Waals surface area (Å²) in [4.78, 5) is 36.2. The Labute approximate surface area is 149 Å². The summed E-state index contributed by atoms with van der Waals surface area (Å²) in [6, 6.07) is -0.309. The van der Waals surface area contributed by atoms with Gasteiger partial charge in [-0.1, -0.05) is 20.8 Å². The summed E-state index contributed by atoms with van der Waals surface area (Å²) in [6.45, 7) is 15.2. The van der Waals surface area contributed by atoms with E-state index in [1.807, 2.05) is 0 Å². The molecule has 1 heterocycles. The Hall–Kier alpha value is -1.67. The van der Waals surface area contributed by atoms with Gasteiger partial charge in [0.2, 0.25) is 0 Å². The molecule has 0 N–H and O–H groups in total. The summed E-state index contributed by atoms with van der Waals surface area (Å²) < 4.78 is 13.4. The van der Waals surface area contributed by atoms with E-state index in [1.54, 1.807) is 13.8 Å². The quantitative estimate of drug-likeness (QED) is 0.568. The van der Waals surface area contributed by atoms with Crippen LogP contribution in [-0.4, -0.2) is 23.4 Å². The van der Waals surface area contributed by atoms with Gasteiger partial charge in [-0.25, -0.2) is 4.79 Å². The van der Waals surface area contributed by atoms with Crippen LogP contribution >= 0.6 is 0 Å². The standard InChI is InChI=1S/C17H30N2O5Si/c1-12(2)19-15(21)14(10-24-25(7,8)17(4,5)6)9-18(16(19)22)11-23-13(3)20/h9,12H,10-11H2,1-8H3. The van der Waals surface area contributed by atoms with Crippen molar-refractivity contribution in [1.82, 2.24) is 9.13 Å². The van der Waals surface area contributed by atoms with E-state index in [-0.39, 0.29) is 30.0 Å². The van der Waals surface area contributed by atoms with Gasteiger partial charge in [-0.2, -0.15) is 0 Å². The zero-order valence-electron chi connectivity index (χ0n) is 16.5. The first-order valence-electron chi connectivity index (χ1n) is 8.40. The molecule has 0 bridgehead atoms. The third-order valence-corrected chi connectivity index (χ3v) is 9.05. The fourth-order valence-electron chi connectivity index (χ4n) is 1.96. The number of aromatic nitrogens is 2. The smallest absolute Gasteiger partial charge is 0.333 e. The molecule has 0 fully saturated rings. The van der Waals surface area contributed by atoms with Gasteiger partial charge in [-0.3, -0.25) is 18.7 Å². The highest BCUT2D eigenvalue weighted by molar-refractivity contribution is 6.74. The molecule has 0 atom stereocenters. The highest BCUT2D eigenvalue weighted by Gasteiger charge is 2.37. The van der Waals surface area contributed by atoms with Gasteiger partial charge < -0.3 is 9.16 Å². The SMILES string of the molecule is CC(=O)OCn1cc(CO[Si](C)(C)C(C)(C)C)c(=O)n(C(C)C)c1=O. The van der Waals surface area contributed by atoms with Gasteiger partial charge in [-0.05, 0) is 32.0 Å². The molecule has 0 radical (unpaired) electrons. The van der Waals surface area contributed by atoms with Crippen molar-refractivity contribution in [3.63, 3.8) is 0 Å². The Morgan fingerprint density at radius 1 is 1.24 bits per heavy atom. The van der Waals surface area contributed by atoms with Crippen molar-refractivity contribution in [2.45, 2.75) is 79.1 Å². The number of carbonyl (C=O) groups excluding carboxylic acids is 1. The minimum absolute atomic E-state index is 0.0102. The third-order valence-electron chi connectivity index (χ3n) is 4.57. The summed E-state index contributed by atoms with van der Waals surface area (Å²) in [5, 5.41) is 0.0102. The molecule has 0 unspecified atom stereocenters. The zero-order chi connectivity index (χ0) is 19.6. The molecule has 0 aliphatic rings. The highest BCUT2D eigenvalue weighted by atomic mass is 28.4. The lowest BCUT2D eigenvalue weighted by Gasteiger charge is -2.36. The first-order valence-corrected chi connectivity index (χ1v) is 11.3. The van der Waals surface area contributed by atoms with Crippen molar-refractivity contribution in [1.29, 1.82) is 0 Å². The average Bonchev–Trinajstić information content (AvgIpc) is 2.43. The van der Waals surface area contributed by atoms with Gasteiger partial charge in [0.25, 0.3) is 5.56 Å². The maximum absolute atomic E-state index is 12.7. The summed E-state index contributed by atoms with van der Waals surface area (Å²) >= 11 is 0. The summed E-state index contributed by atoms with van der Waals surface area (Å²) in [5.41, 5.74) is -0.486. The van der Waals surface area contributed by atoms with Crippen LogP contribution in [0.3, 0.4) is 0 Å². The van der Waals surface area contributed by atoms with E-state index in [0.29, 0.717) is 5.56 Å². The number of hydrogen-bond donors (Lipinski definition) is 0. The van der Waals surface area contributed by atoms with Crippen molar-refractivity contribution in [3.05, 3.63) is 32.6 Å². The monoisotopic (exact) mass is 370 g/mol. The van der Waals surface area contributed by atoms with Crippen LogP contribution in [0, 0.1) is 0 Å². The van der Waals surface area contributed by atoms with E-state index >= 15 is 0 Å². The Morgan fingerprint density at radius 2 is 1.80 bits per heavy atom. The van der Waals surface area contributed by atoms with Gasteiger partial charge in [0.05, 0.1) is 12.2 Å². The molecule has 0 spiro atoms. The second kappa shape index (κ2) is 7.70. The van der Waals surface area contributed by atoms with E-state index < -0.39 is 20.0 Å². The van der Waals surface area contributed by atoms with Gasteiger partial charge in [-0.15, -0.1) is 0 Å². The number of carbonyl (C=O) groups is 1. The fraction of sp³-hybridized carbons (Fsp3) is 0.706. The minimum Gasteiger partial charge on any atom is -0.444 e. The predicted molar refractivity (Wildman–Crippen MR) is 99.1 cm³/mol. The normalized spacial score (nSPS) is 12.5. The molecule has 1 aromatic rings. The molecule has 1 aromatic heterocycles. The van der Waals surface area contributed by atoms with Crippen LogP contribution in [0.25, 0.3) is 0 Å². The largest absolute Gasteiger partial charge is 0.444 e. The fourth-order valence-corrected chi connectivity index (χ4v) is 2.91. The lowest BCUT2D eigenvalue weighted by atomic mass is 10.2. The summed E-state index contributed by atoms with van der Waals surface area (Å²) in [7, 11) is -2.04. The van der Waals surface area contributed by atoms with Crippen LogP contribution in [-0.2, 0) is 27.3 Å².